The molecular formula is C21H20F3N7O2S. The first-order valence-electron chi connectivity index (χ1n) is 10.4. The van der Waals surface area contributed by atoms with Gasteiger partial charge in [0.15, 0.2) is 11.6 Å². The Bertz CT molecular complexity index is 1580. The molecule has 0 aromatic carbocycles. The number of imidazole rings is 1. The molecule has 0 spiro atoms. The van der Waals surface area contributed by atoms with E-state index in [9.17, 15) is 22.2 Å². The van der Waals surface area contributed by atoms with Crippen molar-refractivity contribution < 1.29 is 17.4 Å². The van der Waals surface area contributed by atoms with E-state index in [0.29, 0.717) is 18.7 Å². The van der Waals surface area contributed by atoms with Crippen LogP contribution in [0.1, 0.15) is 31.5 Å². The Morgan fingerprint density at radius 2 is 1.97 bits per heavy atom. The molecular weight excluding hydrogens is 471 g/mol. The summed E-state index contributed by atoms with van der Waals surface area (Å²) in [7, 11) is -1.27. The van der Waals surface area contributed by atoms with Crippen molar-refractivity contribution in [1.29, 1.82) is 0 Å². The monoisotopic (exact) mass is 491 g/mol. The number of rotatable bonds is 5. The van der Waals surface area contributed by atoms with E-state index in [4.69, 9.17) is 0 Å². The third-order valence-electron chi connectivity index (χ3n) is 5.85. The van der Waals surface area contributed by atoms with Crippen LogP contribution in [0.5, 0.6) is 0 Å². The van der Waals surface area contributed by atoms with Crippen molar-refractivity contribution in [2.24, 2.45) is 7.05 Å². The SMILES string of the molecule is C=S(=O)(CC)c1ccc(-n2cncn2)nc1-c1nc2cc(C(F)(F)F)n(C3CC3)c(=O)c2n1C. The predicted molar refractivity (Wildman–Crippen MR) is 120 cm³/mol. The van der Waals surface area contributed by atoms with Gasteiger partial charge in [0.1, 0.15) is 29.6 Å². The number of aromatic nitrogens is 7. The summed E-state index contributed by atoms with van der Waals surface area (Å²) in [6.45, 7) is 1.71. The zero-order valence-electron chi connectivity index (χ0n) is 18.3. The molecule has 1 atom stereocenters. The maximum Gasteiger partial charge on any atom is 0.431 e. The molecule has 4 aromatic heterocycles. The van der Waals surface area contributed by atoms with Crippen molar-refractivity contribution in [1.82, 2.24) is 33.9 Å². The minimum atomic E-state index is -4.71. The summed E-state index contributed by atoms with van der Waals surface area (Å²) in [5.74, 6) is 4.48. The average molecular weight is 491 g/mol. The fourth-order valence-electron chi connectivity index (χ4n) is 3.93. The van der Waals surface area contributed by atoms with Crippen molar-refractivity contribution in [2.75, 3.05) is 5.75 Å². The fraction of sp³-hybridized carbons (Fsp3) is 0.333. The van der Waals surface area contributed by atoms with Crippen molar-refractivity contribution in [3.8, 4) is 17.3 Å². The first kappa shape index (κ1) is 22.3. The third kappa shape index (κ3) is 3.50. The van der Waals surface area contributed by atoms with Gasteiger partial charge in [-0.05, 0) is 46.4 Å². The molecule has 178 valence electrons. The minimum Gasteiger partial charge on any atom is -0.321 e. The number of pyridine rings is 2. The number of nitrogens with zero attached hydrogens (tertiary/aromatic N) is 7. The molecule has 1 unspecified atom stereocenters. The lowest BCUT2D eigenvalue weighted by atomic mass is 10.2. The summed E-state index contributed by atoms with van der Waals surface area (Å²) in [6, 6.07) is 3.58. The lowest BCUT2D eigenvalue weighted by Gasteiger charge is -2.15. The summed E-state index contributed by atoms with van der Waals surface area (Å²) < 4.78 is 58.2. The maximum atomic E-state index is 13.8. The first-order valence-corrected chi connectivity index (χ1v) is 12.3. The van der Waals surface area contributed by atoms with Gasteiger partial charge in [-0.3, -0.25) is 13.6 Å². The van der Waals surface area contributed by atoms with Gasteiger partial charge in [-0.15, -0.1) is 0 Å². The van der Waals surface area contributed by atoms with Crippen LogP contribution in [0, 0.1) is 0 Å². The number of aryl methyl sites for hydroxylation is 1. The van der Waals surface area contributed by atoms with Gasteiger partial charge in [0.05, 0.1) is 10.4 Å². The Kier molecular flexibility index (Phi) is 4.93. The highest BCUT2D eigenvalue weighted by Gasteiger charge is 2.40. The van der Waals surface area contributed by atoms with E-state index < -0.39 is 33.0 Å². The number of hydrogen-bond donors (Lipinski definition) is 0. The molecule has 0 aliphatic heterocycles. The van der Waals surface area contributed by atoms with Gasteiger partial charge >= 0.3 is 6.18 Å². The number of alkyl halides is 3. The lowest BCUT2D eigenvalue weighted by Crippen LogP contribution is -2.28. The zero-order valence-corrected chi connectivity index (χ0v) is 19.1. The minimum absolute atomic E-state index is 0.0147. The number of hydrogen-bond acceptors (Lipinski definition) is 6. The molecule has 5 rings (SSSR count). The summed E-state index contributed by atoms with van der Waals surface area (Å²) >= 11 is 0. The number of halogens is 3. The van der Waals surface area contributed by atoms with E-state index in [2.05, 4.69) is 25.9 Å². The van der Waals surface area contributed by atoms with E-state index in [1.807, 2.05) is 0 Å². The molecule has 13 heteroatoms. The molecule has 1 saturated carbocycles. The van der Waals surface area contributed by atoms with Crippen LogP contribution in [0.4, 0.5) is 13.2 Å². The Balaban J connectivity index is 1.83. The molecule has 9 nitrogen and oxygen atoms in total. The fourth-order valence-corrected chi connectivity index (χ4v) is 5.04. The van der Waals surface area contributed by atoms with Crippen molar-refractivity contribution in [3.63, 3.8) is 0 Å². The van der Waals surface area contributed by atoms with Crippen LogP contribution in [0.3, 0.4) is 0 Å². The molecule has 1 aliphatic rings. The van der Waals surface area contributed by atoms with Crippen LogP contribution < -0.4 is 5.56 Å². The summed E-state index contributed by atoms with van der Waals surface area (Å²) in [5, 5.41) is 4.04. The molecule has 0 bridgehead atoms. The predicted octanol–water partition coefficient (Wildman–Crippen LogP) is 2.83. The van der Waals surface area contributed by atoms with Crippen LogP contribution >= 0.6 is 0 Å². The summed E-state index contributed by atoms with van der Waals surface area (Å²) in [6.07, 6.45) is -0.963. The summed E-state index contributed by atoms with van der Waals surface area (Å²) in [5.41, 5.74) is -1.75. The van der Waals surface area contributed by atoms with E-state index in [0.717, 1.165) is 10.6 Å². The third-order valence-corrected chi connectivity index (χ3v) is 7.92. The van der Waals surface area contributed by atoms with Gasteiger partial charge in [0.2, 0.25) is 0 Å². The van der Waals surface area contributed by atoms with Crippen LogP contribution in [-0.2, 0) is 22.7 Å². The van der Waals surface area contributed by atoms with Gasteiger partial charge in [-0.25, -0.2) is 19.6 Å². The smallest absolute Gasteiger partial charge is 0.321 e. The van der Waals surface area contributed by atoms with Gasteiger partial charge in [0.25, 0.3) is 5.56 Å². The lowest BCUT2D eigenvalue weighted by molar-refractivity contribution is -0.144. The molecule has 0 amide bonds. The van der Waals surface area contributed by atoms with Crippen LogP contribution in [0.2, 0.25) is 0 Å². The first-order chi connectivity index (χ1) is 16.0. The average Bonchev–Trinajstić information content (AvgIpc) is 3.35. The van der Waals surface area contributed by atoms with Crippen LogP contribution in [0.25, 0.3) is 28.4 Å². The highest BCUT2D eigenvalue weighted by Crippen LogP contribution is 2.40. The standard InChI is InChI=1S/C21H20F3N7O2S/c1-4-34(3,33)14-7-8-16(30-11-25-10-26-30)28-17(14)19-27-13-9-15(21(22,23)24)31(12-5-6-12)20(32)18(13)29(19)2/h7-12H,3-6H2,1-2H3. The van der Waals surface area contributed by atoms with Gasteiger partial charge in [0, 0.05) is 18.8 Å². The van der Waals surface area contributed by atoms with Crippen LogP contribution in [0.15, 0.2) is 40.5 Å². The van der Waals surface area contributed by atoms with E-state index in [-0.39, 0.29) is 33.2 Å². The Morgan fingerprint density at radius 1 is 1.24 bits per heavy atom. The van der Waals surface area contributed by atoms with Crippen molar-refractivity contribution >= 4 is 26.4 Å². The Morgan fingerprint density at radius 3 is 2.56 bits per heavy atom. The molecule has 0 radical (unpaired) electrons. The topological polar surface area (TPSA) is 100 Å². The molecule has 34 heavy (non-hydrogen) atoms. The molecule has 4 aromatic rings. The second-order valence-electron chi connectivity index (χ2n) is 8.12. The second kappa shape index (κ2) is 7.52. The van der Waals surface area contributed by atoms with E-state index in [1.54, 1.807) is 19.1 Å². The number of fused-ring (bicyclic) bond motifs is 1. The molecule has 4 heterocycles. The normalized spacial score (nSPS) is 16.1. The highest BCUT2D eigenvalue weighted by molar-refractivity contribution is 8.00. The molecule has 0 N–H and O–H groups in total. The molecule has 1 aliphatic carbocycles. The quantitative estimate of drug-likeness (QED) is 0.398. The highest BCUT2D eigenvalue weighted by atomic mass is 32.2. The van der Waals surface area contributed by atoms with Crippen molar-refractivity contribution in [2.45, 2.75) is 36.9 Å². The zero-order chi connectivity index (χ0) is 24.4. The van der Waals surface area contributed by atoms with Gasteiger partial charge < -0.3 is 4.57 Å². The van der Waals surface area contributed by atoms with Gasteiger partial charge in [-0.1, -0.05) is 6.92 Å². The van der Waals surface area contributed by atoms with E-state index >= 15 is 0 Å². The Labute approximate surface area is 191 Å². The largest absolute Gasteiger partial charge is 0.431 e. The second-order valence-corrected chi connectivity index (χ2v) is 10.8. The summed E-state index contributed by atoms with van der Waals surface area (Å²) in [4.78, 5) is 26.3. The van der Waals surface area contributed by atoms with Crippen molar-refractivity contribution in [3.05, 3.63) is 46.9 Å². The van der Waals surface area contributed by atoms with Crippen LogP contribution in [-0.4, -0.2) is 49.7 Å². The maximum absolute atomic E-state index is 13.8. The van der Waals surface area contributed by atoms with E-state index in [1.165, 1.54) is 29.0 Å². The Hall–Kier alpha value is -3.48. The molecule has 0 saturated heterocycles. The molecule has 1 fully saturated rings. The van der Waals surface area contributed by atoms with Gasteiger partial charge in [-0.2, -0.15) is 18.3 Å².